The van der Waals surface area contributed by atoms with Crippen molar-refractivity contribution in [2.75, 3.05) is 32.8 Å². The van der Waals surface area contributed by atoms with Crippen LogP contribution in [0.1, 0.15) is 13.3 Å². The third kappa shape index (κ3) is 3.23. The smallest absolute Gasteiger partial charge is 0.0854 e. The van der Waals surface area contributed by atoms with E-state index < -0.39 is 0 Å². The minimum Gasteiger partial charge on any atom is -0.394 e. The lowest BCUT2D eigenvalue weighted by atomic mass is 10.0. The fourth-order valence-electron chi connectivity index (χ4n) is 1.67. The van der Waals surface area contributed by atoms with Crippen molar-refractivity contribution in [3.8, 4) is 0 Å². The summed E-state index contributed by atoms with van der Waals surface area (Å²) in [6.45, 7) is 5.63. The summed E-state index contributed by atoms with van der Waals surface area (Å²) in [5, 5.41) is 8.63. The van der Waals surface area contributed by atoms with Gasteiger partial charge in [0.05, 0.1) is 19.3 Å². The molecule has 78 valence electrons. The zero-order valence-electron chi connectivity index (χ0n) is 8.28. The van der Waals surface area contributed by atoms with Crippen LogP contribution in [0.15, 0.2) is 0 Å². The zero-order chi connectivity index (χ0) is 9.68. The molecule has 0 radical (unpaired) electrons. The molecular weight excluding hydrogens is 168 g/mol. The van der Waals surface area contributed by atoms with Gasteiger partial charge in [0.1, 0.15) is 0 Å². The average Bonchev–Trinajstić information content (AvgIpc) is 2.17. The minimum atomic E-state index is 0.0787. The zero-order valence-corrected chi connectivity index (χ0v) is 8.28. The Bertz CT molecular complexity index is 144. The number of ether oxygens (including phenoxy) is 1. The van der Waals surface area contributed by atoms with Crippen molar-refractivity contribution in [1.82, 2.24) is 4.90 Å². The number of hydrogen-bond donors (Lipinski definition) is 2. The summed E-state index contributed by atoms with van der Waals surface area (Å²) in [5.41, 5.74) is 5.90. The van der Waals surface area contributed by atoms with Crippen molar-refractivity contribution < 1.29 is 9.84 Å². The van der Waals surface area contributed by atoms with Gasteiger partial charge in [0.25, 0.3) is 0 Å². The molecule has 1 saturated heterocycles. The number of nitrogens with two attached hydrogens (primary N) is 1. The number of rotatable bonds is 4. The van der Waals surface area contributed by atoms with E-state index in [1.165, 1.54) is 0 Å². The Labute approximate surface area is 79.7 Å². The molecule has 0 aromatic heterocycles. The van der Waals surface area contributed by atoms with Crippen molar-refractivity contribution in [2.24, 2.45) is 5.73 Å². The molecule has 0 aromatic rings. The first-order chi connectivity index (χ1) is 6.27. The minimum absolute atomic E-state index is 0.0787. The molecule has 2 atom stereocenters. The fraction of sp³-hybridized carbons (Fsp3) is 1.00. The van der Waals surface area contributed by atoms with Crippen molar-refractivity contribution in [2.45, 2.75) is 25.5 Å². The van der Waals surface area contributed by atoms with Crippen molar-refractivity contribution >= 4 is 0 Å². The molecule has 4 nitrogen and oxygen atoms in total. The van der Waals surface area contributed by atoms with E-state index in [-0.39, 0.29) is 18.8 Å². The lowest BCUT2D eigenvalue weighted by Gasteiger charge is -2.35. The maximum atomic E-state index is 8.63. The first-order valence-corrected chi connectivity index (χ1v) is 4.98. The van der Waals surface area contributed by atoms with Gasteiger partial charge in [-0.2, -0.15) is 0 Å². The van der Waals surface area contributed by atoms with E-state index in [1.807, 2.05) is 0 Å². The van der Waals surface area contributed by atoms with E-state index >= 15 is 0 Å². The third-order valence-corrected chi connectivity index (χ3v) is 2.56. The number of aliphatic hydroxyl groups excluding tert-OH is 1. The predicted molar refractivity (Wildman–Crippen MR) is 51.5 cm³/mol. The molecule has 0 aromatic carbocycles. The molecule has 0 unspecified atom stereocenters. The lowest BCUT2D eigenvalue weighted by Crippen LogP contribution is -2.51. The van der Waals surface area contributed by atoms with Crippen LogP contribution in [-0.4, -0.2) is 55.0 Å². The van der Waals surface area contributed by atoms with Gasteiger partial charge in [-0.25, -0.2) is 0 Å². The Morgan fingerprint density at radius 2 is 2.38 bits per heavy atom. The van der Waals surface area contributed by atoms with Crippen LogP contribution < -0.4 is 5.73 Å². The molecule has 0 amide bonds. The van der Waals surface area contributed by atoms with Gasteiger partial charge in [0, 0.05) is 12.6 Å². The number of hydrogen-bond acceptors (Lipinski definition) is 4. The number of likely N-dealkylation sites (N-methyl/N-ethyl adjacent to an activating group) is 1. The molecule has 1 rings (SSSR count). The van der Waals surface area contributed by atoms with Crippen molar-refractivity contribution in [1.29, 1.82) is 0 Å². The predicted octanol–water partition coefficient (Wildman–Crippen LogP) is -0.583. The van der Waals surface area contributed by atoms with Crippen LogP contribution in [0.2, 0.25) is 0 Å². The van der Waals surface area contributed by atoms with Gasteiger partial charge in [-0.15, -0.1) is 0 Å². The van der Waals surface area contributed by atoms with E-state index in [1.54, 1.807) is 0 Å². The summed E-state index contributed by atoms with van der Waals surface area (Å²) < 4.78 is 5.46. The van der Waals surface area contributed by atoms with Gasteiger partial charge in [-0.1, -0.05) is 6.92 Å². The maximum Gasteiger partial charge on any atom is 0.0854 e. The third-order valence-electron chi connectivity index (χ3n) is 2.56. The van der Waals surface area contributed by atoms with Crippen LogP contribution in [0.3, 0.4) is 0 Å². The summed E-state index contributed by atoms with van der Waals surface area (Å²) in [7, 11) is 0. The van der Waals surface area contributed by atoms with E-state index in [4.69, 9.17) is 15.6 Å². The number of nitrogens with zero attached hydrogens (tertiary/aromatic N) is 1. The highest BCUT2D eigenvalue weighted by molar-refractivity contribution is 4.83. The molecule has 1 aliphatic heterocycles. The molecule has 0 saturated carbocycles. The molecule has 13 heavy (non-hydrogen) atoms. The Morgan fingerprint density at radius 3 is 3.00 bits per heavy atom. The maximum absolute atomic E-state index is 8.63. The second-order valence-electron chi connectivity index (χ2n) is 3.48. The molecule has 1 aliphatic rings. The van der Waals surface area contributed by atoms with Crippen molar-refractivity contribution in [3.05, 3.63) is 0 Å². The van der Waals surface area contributed by atoms with Crippen LogP contribution in [0.5, 0.6) is 0 Å². The van der Waals surface area contributed by atoms with E-state index in [9.17, 15) is 0 Å². The number of piperidine rings is 1. The van der Waals surface area contributed by atoms with E-state index in [2.05, 4.69) is 11.8 Å². The summed E-state index contributed by atoms with van der Waals surface area (Å²) in [6, 6.07) is 0.134. The van der Waals surface area contributed by atoms with Crippen LogP contribution in [0.4, 0.5) is 0 Å². The SMILES string of the molecule is CCN1CC[C@@H](N)[C@@H](OCCO)C1. The van der Waals surface area contributed by atoms with Crippen LogP contribution in [-0.2, 0) is 4.74 Å². The Kier molecular flexibility index (Phi) is 4.66. The fourth-order valence-corrected chi connectivity index (χ4v) is 1.67. The van der Waals surface area contributed by atoms with Gasteiger partial charge in [0.15, 0.2) is 0 Å². The van der Waals surface area contributed by atoms with Gasteiger partial charge in [-0.3, -0.25) is 0 Å². The lowest BCUT2D eigenvalue weighted by molar-refractivity contribution is -0.0244. The first kappa shape index (κ1) is 10.9. The highest BCUT2D eigenvalue weighted by Crippen LogP contribution is 2.11. The van der Waals surface area contributed by atoms with Crippen LogP contribution >= 0.6 is 0 Å². The molecule has 4 heteroatoms. The average molecular weight is 188 g/mol. The van der Waals surface area contributed by atoms with E-state index in [0.717, 1.165) is 26.1 Å². The Hall–Kier alpha value is -0.160. The monoisotopic (exact) mass is 188 g/mol. The second-order valence-corrected chi connectivity index (χ2v) is 3.48. The highest BCUT2D eigenvalue weighted by Gasteiger charge is 2.25. The van der Waals surface area contributed by atoms with Crippen LogP contribution in [0, 0.1) is 0 Å². The van der Waals surface area contributed by atoms with Crippen molar-refractivity contribution in [3.63, 3.8) is 0 Å². The van der Waals surface area contributed by atoms with Crippen LogP contribution in [0.25, 0.3) is 0 Å². The first-order valence-electron chi connectivity index (χ1n) is 4.98. The molecule has 1 fully saturated rings. The normalized spacial score (nSPS) is 30.7. The Balaban J connectivity index is 2.31. The second kappa shape index (κ2) is 5.54. The Morgan fingerprint density at radius 1 is 1.62 bits per heavy atom. The molecule has 0 bridgehead atoms. The molecule has 1 heterocycles. The summed E-state index contributed by atoms with van der Waals surface area (Å²) in [5.74, 6) is 0. The topological polar surface area (TPSA) is 58.7 Å². The largest absolute Gasteiger partial charge is 0.394 e. The van der Waals surface area contributed by atoms with E-state index in [0.29, 0.717) is 6.61 Å². The number of aliphatic hydroxyl groups is 1. The van der Waals surface area contributed by atoms with Gasteiger partial charge >= 0.3 is 0 Å². The van der Waals surface area contributed by atoms with Gasteiger partial charge in [-0.05, 0) is 19.5 Å². The molecule has 3 N–H and O–H groups in total. The summed E-state index contributed by atoms with van der Waals surface area (Å²) in [4.78, 5) is 2.32. The van der Waals surface area contributed by atoms with Gasteiger partial charge < -0.3 is 20.5 Å². The molecule has 0 aliphatic carbocycles. The summed E-state index contributed by atoms with van der Waals surface area (Å²) in [6.07, 6.45) is 1.09. The number of likely N-dealkylation sites (tertiary alicyclic amines) is 1. The van der Waals surface area contributed by atoms with Gasteiger partial charge in [0.2, 0.25) is 0 Å². The highest BCUT2D eigenvalue weighted by atomic mass is 16.5. The summed E-state index contributed by atoms with van der Waals surface area (Å²) >= 11 is 0. The molecule has 0 spiro atoms. The standard InChI is InChI=1S/C9H20N2O2/c1-2-11-4-3-8(10)9(7-11)13-6-5-12/h8-9,12H,2-7,10H2,1H3/t8-,9+/m1/s1. The molecular formula is C9H20N2O2. The quantitative estimate of drug-likeness (QED) is 0.619.